The first-order chi connectivity index (χ1) is 9.13. The van der Waals surface area contributed by atoms with Crippen LogP contribution in [0.4, 0.5) is 11.8 Å². The number of aryl methyl sites for hydroxylation is 1. The summed E-state index contributed by atoms with van der Waals surface area (Å²) in [5.74, 6) is 2.33. The first-order valence-corrected chi connectivity index (χ1v) is 7.67. The van der Waals surface area contributed by atoms with Gasteiger partial charge in [0.1, 0.15) is 10.6 Å². The van der Waals surface area contributed by atoms with Crippen LogP contribution in [0.3, 0.4) is 0 Å². The maximum absolute atomic E-state index is 4.54. The molecule has 0 aliphatic heterocycles. The highest BCUT2D eigenvalue weighted by atomic mass is 32.1. The molecule has 0 fully saturated rings. The van der Waals surface area contributed by atoms with Gasteiger partial charge in [-0.3, -0.25) is 0 Å². The summed E-state index contributed by atoms with van der Waals surface area (Å²) in [5.41, 5.74) is 0. The lowest BCUT2D eigenvalue weighted by Crippen LogP contribution is -2.08. The number of hydrogen-bond donors (Lipinski definition) is 2. The van der Waals surface area contributed by atoms with E-state index in [4.69, 9.17) is 0 Å². The molecule has 0 bridgehead atoms. The zero-order valence-corrected chi connectivity index (χ0v) is 12.9. The van der Waals surface area contributed by atoms with E-state index in [0.717, 1.165) is 35.4 Å². The fourth-order valence-electron chi connectivity index (χ4n) is 1.87. The number of rotatable bonds is 6. The van der Waals surface area contributed by atoms with Crippen molar-refractivity contribution in [3.63, 3.8) is 0 Å². The van der Waals surface area contributed by atoms with Crippen molar-refractivity contribution >= 4 is 33.3 Å². The van der Waals surface area contributed by atoms with Crippen molar-refractivity contribution in [2.75, 3.05) is 24.2 Å². The molecule has 2 aromatic heterocycles. The van der Waals surface area contributed by atoms with Crippen LogP contribution in [-0.2, 0) is 6.42 Å². The SMILES string of the molecule is CCc1cc2c(NCCC(C)C)nc(NC)nc2s1. The van der Waals surface area contributed by atoms with E-state index in [2.05, 4.69) is 47.4 Å². The van der Waals surface area contributed by atoms with E-state index < -0.39 is 0 Å². The van der Waals surface area contributed by atoms with Gasteiger partial charge >= 0.3 is 0 Å². The number of aromatic nitrogens is 2. The Labute approximate surface area is 118 Å². The second-order valence-electron chi connectivity index (χ2n) is 5.04. The van der Waals surface area contributed by atoms with Crippen molar-refractivity contribution in [1.29, 1.82) is 0 Å². The summed E-state index contributed by atoms with van der Waals surface area (Å²) in [5, 5.41) is 7.62. The van der Waals surface area contributed by atoms with Crippen molar-refractivity contribution in [3.8, 4) is 0 Å². The van der Waals surface area contributed by atoms with Crippen LogP contribution in [0.2, 0.25) is 0 Å². The molecule has 0 saturated carbocycles. The number of hydrogen-bond acceptors (Lipinski definition) is 5. The van der Waals surface area contributed by atoms with Crippen molar-refractivity contribution < 1.29 is 0 Å². The minimum Gasteiger partial charge on any atom is -0.369 e. The molecule has 0 saturated heterocycles. The van der Waals surface area contributed by atoms with E-state index >= 15 is 0 Å². The van der Waals surface area contributed by atoms with E-state index in [9.17, 15) is 0 Å². The van der Waals surface area contributed by atoms with Gasteiger partial charge in [0.25, 0.3) is 0 Å². The van der Waals surface area contributed by atoms with Gasteiger partial charge in [0.05, 0.1) is 5.39 Å². The van der Waals surface area contributed by atoms with E-state index in [1.165, 1.54) is 4.88 Å². The van der Waals surface area contributed by atoms with Gasteiger partial charge in [-0.25, -0.2) is 4.98 Å². The summed E-state index contributed by atoms with van der Waals surface area (Å²) in [4.78, 5) is 11.5. The highest BCUT2D eigenvalue weighted by Crippen LogP contribution is 2.30. The molecule has 0 amide bonds. The monoisotopic (exact) mass is 278 g/mol. The number of anilines is 2. The molecule has 5 heteroatoms. The largest absolute Gasteiger partial charge is 0.369 e. The molecule has 0 aliphatic rings. The lowest BCUT2D eigenvalue weighted by atomic mass is 10.1. The van der Waals surface area contributed by atoms with Crippen LogP contribution in [0.15, 0.2) is 6.07 Å². The summed E-state index contributed by atoms with van der Waals surface area (Å²) in [7, 11) is 1.85. The second-order valence-corrected chi connectivity index (χ2v) is 6.16. The molecule has 0 radical (unpaired) electrons. The Bertz CT molecular complexity index is 548. The summed E-state index contributed by atoms with van der Waals surface area (Å²) < 4.78 is 0. The number of thiophene rings is 1. The summed E-state index contributed by atoms with van der Waals surface area (Å²) in [6, 6.07) is 2.21. The Morgan fingerprint density at radius 1 is 1.32 bits per heavy atom. The summed E-state index contributed by atoms with van der Waals surface area (Å²) in [6.07, 6.45) is 2.19. The molecule has 2 aromatic rings. The summed E-state index contributed by atoms with van der Waals surface area (Å²) in [6.45, 7) is 7.58. The summed E-state index contributed by atoms with van der Waals surface area (Å²) >= 11 is 1.75. The molecule has 0 atom stereocenters. The maximum Gasteiger partial charge on any atom is 0.225 e. The van der Waals surface area contributed by atoms with Crippen LogP contribution >= 0.6 is 11.3 Å². The van der Waals surface area contributed by atoms with Gasteiger partial charge in [0.2, 0.25) is 5.95 Å². The van der Waals surface area contributed by atoms with Crippen molar-refractivity contribution in [1.82, 2.24) is 9.97 Å². The van der Waals surface area contributed by atoms with E-state index in [1.54, 1.807) is 11.3 Å². The van der Waals surface area contributed by atoms with E-state index in [1.807, 2.05) is 7.05 Å². The molecule has 0 aliphatic carbocycles. The Balaban J connectivity index is 2.30. The zero-order valence-electron chi connectivity index (χ0n) is 12.1. The average molecular weight is 278 g/mol. The minimum atomic E-state index is 0.684. The molecular formula is C14H22N4S. The quantitative estimate of drug-likeness (QED) is 0.845. The van der Waals surface area contributed by atoms with Gasteiger partial charge in [-0.2, -0.15) is 4.98 Å². The smallest absolute Gasteiger partial charge is 0.225 e. The van der Waals surface area contributed by atoms with E-state index in [-0.39, 0.29) is 0 Å². The van der Waals surface area contributed by atoms with Crippen LogP contribution in [0.1, 0.15) is 32.1 Å². The number of nitrogens with one attached hydrogen (secondary N) is 2. The van der Waals surface area contributed by atoms with Crippen LogP contribution < -0.4 is 10.6 Å². The molecule has 19 heavy (non-hydrogen) atoms. The van der Waals surface area contributed by atoms with Crippen LogP contribution in [0, 0.1) is 5.92 Å². The molecule has 2 N–H and O–H groups in total. The normalized spacial score (nSPS) is 11.2. The van der Waals surface area contributed by atoms with Gasteiger partial charge in [0.15, 0.2) is 0 Å². The molecular weight excluding hydrogens is 256 g/mol. The number of nitrogens with zero attached hydrogens (tertiary/aromatic N) is 2. The van der Waals surface area contributed by atoms with Crippen LogP contribution in [-0.4, -0.2) is 23.6 Å². The highest BCUT2D eigenvalue weighted by Gasteiger charge is 2.10. The fraction of sp³-hybridized carbons (Fsp3) is 0.571. The van der Waals surface area contributed by atoms with Gasteiger partial charge in [0, 0.05) is 18.5 Å². The van der Waals surface area contributed by atoms with Crippen molar-refractivity contribution in [3.05, 3.63) is 10.9 Å². The van der Waals surface area contributed by atoms with Crippen molar-refractivity contribution in [2.24, 2.45) is 5.92 Å². The molecule has 0 unspecified atom stereocenters. The van der Waals surface area contributed by atoms with E-state index in [0.29, 0.717) is 11.9 Å². The molecule has 2 heterocycles. The van der Waals surface area contributed by atoms with Crippen LogP contribution in [0.25, 0.3) is 10.2 Å². The fourth-order valence-corrected chi connectivity index (χ4v) is 2.84. The maximum atomic E-state index is 4.54. The minimum absolute atomic E-state index is 0.684. The molecule has 2 rings (SSSR count). The first kappa shape index (κ1) is 14.1. The van der Waals surface area contributed by atoms with Gasteiger partial charge < -0.3 is 10.6 Å². The molecule has 104 valence electrons. The topological polar surface area (TPSA) is 49.8 Å². The molecule has 0 aromatic carbocycles. The van der Waals surface area contributed by atoms with Crippen LogP contribution in [0.5, 0.6) is 0 Å². The third-order valence-corrected chi connectivity index (χ3v) is 4.20. The van der Waals surface area contributed by atoms with Gasteiger partial charge in [-0.15, -0.1) is 11.3 Å². The van der Waals surface area contributed by atoms with Crippen molar-refractivity contribution in [2.45, 2.75) is 33.6 Å². The lowest BCUT2D eigenvalue weighted by molar-refractivity contribution is 0.607. The highest BCUT2D eigenvalue weighted by molar-refractivity contribution is 7.18. The Kier molecular flexibility index (Phi) is 4.58. The molecule has 0 spiro atoms. The van der Waals surface area contributed by atoms with Gasteiger partial charge in [-0.05, 0) is 24.8 Å². The van der Waals surface area contributed by atoms with Gasteiger partial charge in [-0.1, -0.05) is 20.8 Å². The second kappa shape index (κ2) is 6.19. The Morgan fingerprint density at radius 3 is 2.74 bits per heavy atom. The Hall–Kier alpha value is -1.36. The molecule has 4 nitrogen and oxygen atoms in total. The zero-order chi connectivity index (χ0) is 13.8. The Morgan fingerprint density at radius 2 is 2.11 bits per heavy atom. The standard InChI is InChI=1S/C14H22N4S/c1-5-10-8-11-12(16-7-6-9(2)3)17-14(15-4)18-13(11)19-10/h8-9H,5-7H2,1-4H3,(H2,15,16,17,18). The predicted molar refractivity (Wildman–Crippen MR) is 84.3 cm³/mol. The third kappa shape index (κ3) is 3.35. The number of fused-ring (bicyclic) bond motifs is 1. The average Bonchev–Trinajstić information content (AvgIpc) is 2.81. The predicted octanol–water partition coefficient (Wildman–Crippen LogP) is 3.75. The lowest BCUT2D eigenvalue weighted by Gasteiger charge is -2.09. The first-order valence-electron chi connectivity index (χ1n) is 6.86. The third-order valence-electron chi connectivity index (χ3n) is 3.03.